The van der Waals surface area contributed by atoms with E-state index >= 15 is 0 Å². The molecule has 2 aromatic rings. The minimum absolute atomic E-state index is 0.247. The molecule has 1 saturated heterocycles. The average Bonchev–Trinajstić information content (AvgIpc) is 2.90. The molecule has 112 valence electrons. The summed E-state index contributed by atoms with van der Waals surface area (Å²) in [6.45, 7) is 1.90. The van der Waals surface area contributed by atoms with Crippen LogP contribution in [0.4, 0.5) is 4.79 Å². The molecule has 1 aromatic heterocycles. The second-order valence-electron chi connectivity index (χ2n) is 4.96. The van der Waals surface area contributed by atoms with Crippen LogP contribution in [0.5, 0.6) is 0 Å². The molecular formula is C14H17N3O2S2. The molecule has 1 atom stereocenters. The molecular weight excluding hydrogens is 306 g/mol. The second-order valence-corrected chi connectivity index (χ2v) is 7.34. The van der Waals surface area contributed by atoms with Crippen LogP contribution in [-0.4, -0.2) is 52.5 Å². The van der Waals surface area contributed by atoms with E-state index in [1.165, 1.54) is 9.60 Å². The fourth-order valence-electron chi connectivity index (χ4n) is 2.39. The normalized spacial score (nSPS) is 19.0. The molecule has 0 bridgehead atoms. The Morgan fingerprint density at radius 1 is 1.52 bits per heavy atom. The highest BCUT2D eigenvalue weighted by Crippen LogP contribution is 2.29. The second kappa shape index (κ2) is 6.64. The molecule has 0 spiro atoms. The van der Waals surface area contributed by atoms with Crippen molar-refractivity contribution < 1.29 is 9.90 Å². The first-order valence-corrected chi connectivity index (χ1v) is 8.72. The van der Waals surface area contributed by atoms with Crippen molar-refractivity contribution in [2.24, 2.45) is 0 Å². The molecule has 3 rings (SSSR count). The van der Waals surface area contributed by atoms with E-state index in [2.05, 4.69) is 16.4 Å². The molecule has 1 fully saturated rings. The molecule has 1 aliphatic heterocycles. The van der Waals surface area contributed by atoms with Gasteiger partial charge < -0.3 is 15.3 Å². The third-order valence-electron chi connectivity index (χ3n) is 3.49. The number of aromatic nitrogens is 1. The lowest BCUT2D eigenvalue weighted by Crippen LogP contribution is -2.52. The van der Waals surface area contributed by atoms with E-state index in [0.717, 1.165) is 28.6 Å². The quantitative estimate of drug-likeness (QED) is 0.847. The van der Waals surface area contributed by atoms with Crippen LogP contribution in [0.25, 0.3) is 10.2 Å². The van der Waals surface area contributed by atoms with E-state index in [0.29, 0.717) is 13.1 Å². The van der Waals surface area contributed by atoms with Crippen molar-refractivity contribution in [1.29, 1.82) is 0 Å². The van der Waals surface area contributed by atoms with Crippen molar-refractivity contribution in [1.82, 2.24) is 15.2 Å². The van der Waals surface area contributed by atoms with Crippen molar-refractivity contribution >= 4 is 39.4 Å². The zero-order valence-electron chi connectivity index (χ0n) is 11.5. The molecule has 0 aliphatic carbocycles. The first-order chi connectivity index (χ1) is 10.2. The van der Waals surface area contributed by atoms with Gasteiger partial charge in [0.25, 0.3) is 0 Å². The number of nitrogens with one attached hydrogen (secondary N) is 1. The summed E-state index contributed by atoms with van der Waals surface area (Å²) in [6, 6.07) is 8.40. The van der Waals surface area contributed by atoms with E-state index in [4.69, 9.17) is 5.11 Å². The van der Waals surface area contributed by atoms with Gasteiger partial charge in [-0.1, -0.05) is 23.9 Å². The van der Waals surface area contributed by atoms with Crippen molar-refractivity contribution in [3.63, 3.8) is 0 Å². The van der Waals surface area contributed by atoms with Gasteiger partial charge in [0.05, 0.1) is 10.2 Å². The SMILES string of the molecule is O=C(O)N1CCN[C@H](CCSc2nc3ccccc3s2)C1. The zero-order valence-corrected chi connectivity index (χ0v) is 13.1. The number of thioether (sulfide) groups is 1. The van der Waals surface area contributed by atoms with E-state index in [1.54, 1.807) is 23.1 Å². The number of fused-ring (bicyclic) bond motifs is 1. The van der Waals surface area contributed by atoms with E-state index in [9.17, 15) is 4.79 Å². The Kier molecular flexibility index (Phi) is 4.62. The molecule has 1 amide bonds. The standard InChI is InChI=1S/C14H17N3O2S2/c18-14(19)17-7-6-15-10(9-17)5-8-20-13-16-11-3-1-2-4-12(11)21-13/h1-4,10,15H,5-9H2,(H,18,19)/t10-/m1/s1. The molecule has 0 radical (unpaired) electrons. The van der Waals surface area contributed by atoms with Gasteiger partial charge in [-0.3, -0.25) is 0 Å². The lowest BCUT2D eigenvalue weighted by Gasteiger charge is -2.31. The van der Waals surface area contributed by atoms with Gasteiger partial charge in [-0.2, -0.15) is 0 Å². The summed E-state index contributed by atoms with van der Waals surface area (Å²) >= 11 is 3.47. The van der Waals surface area contributed by atoms with Gasteiger partial charge in [-0.15, -0.1) is 11.3 Å². The van der Waals surface area contributed by atoms with Gasteiger partial charge >= 0.3 is 6.09 Å². The number of thiazole rings is 1. The smallest absolute Gasteiger partial charge is 0.407 e. The van der Waals surface area contributed by atoms with Gasteiger partial charge in [-0.25, -0.2) is 9.78 Å². The number of piperazine rings is 1. The van der Waals surface area contributed by atoms with Crippen LogP contribution in [-0.2, 0) is 0 Å². The monoisotopic (exact) mass is 323 g/mol. The minimum Gasteiger partial charge on any atom is -0.465 e. The van der Waals surface area contributed by atoms with Gasteiger partial charge in [0, 0.05) is 31.4 Å². The van der Waals surface area contributed by atoms with Gasteiger partial charge in [0.15, 0.2) is 4.34 Å². The van der Waals surface area contributed by atoms with Crippen LogP contribution >= 0.6 is 23.1 Å². The number of amides is 1. The molecule has 2 N–H and O–H groups in total. The molecule has 7 heteroatoms. The van der Waals surface area contributed by atoms with Crippen molar-refractivity contribution in [3.8, 4) is 0 Å². The van der Waals surface area contributed by atoms with Crippen LogP contribution in [0.1, 0.15) is 6.42 Å². The number of carboxylic acid groups (broad SMARTS) is 1. The average molecular weight is 323 g/mol. The molecule has 1 aliphatic rings. The zero-order chi connectivity index (χ0) is 14.7. The van der Waals surface area contributed by atoms with Crippen molar-refractivity contribution in [3.05, 3.63) is 24.3 Å². The lowest BCUT2D eigenvalue weighted by atomic mass is 10.2. The number of nitrogens with zero attached hydrogens (tertiary/aromatic N) is 2. The third kappa shape index (κ3) is 3.66. The predicted molar refractivity (Wildman–Crippen MR) is 86.3 cm³/mol. The summed E-state index contributed by atoms with van der Waals surface area (Å²) in [5.74, 6) is 0.949. The summed E-state index contributed by atoms with van der Waals surface area (Å²) in [5.41, 5.74) is 1.05. The Morgan fingerprint density at radius 3 is 3.19 bits per heavy atom. The van der Waals surface area contributed by atoms with Crippen LogP contribution in [0.2, 0.25) is 0 Å². The first kappa shape index (κ1) is 14.6. The summed E-state index contributed by atoms with van der Waals surface area (Å²) < 4.78 is 2.30. The highest BCUT2D eigenvalue weighted by molar-refractivity contribution is 8.01. The van der Waals surface area contributed by atoms with Crippen LogP contribution < -0.4 is 5.32 Å². The van der Waals surface area contributed by atoms with Gasteiger partial charge in [0.2, 0.25) is 0 Å². The summed E-state index contributed by atoms with van der Waals surface area (Å²) in [4.78, 5) is 17.1. The van der Waals surface area contributed by atoms with Crippen LogP contribution in [0.3, 0.4) is 0 Å². The minimum atomic E-state index is -0.819. The van der Waals surface area contributed by atoms with Gasteiger partial charge in [0.1, 0.15) is 0 Å². The van der Waals surface area contributed by atoms with Crippen LogP contribution in [0.15, 0.2) is 28.6 Å². The highest BCUT2D eigenvalue weighted by Gasteiger charge is 2.22. The Morgan fingerprint density at radius 2 is 2.38 bits per heavy atom. The maximum atomic E-state index is 11.0. The van der Waals surface area contributed by atoms with E-state index in [-0.39, 0.29) is 6.04 Å². The highest BCUT2D eigenvalue weighted by atomic mass is 32.2. The Balaban J connectivity index is 1.50. The fraction of sp³-hybridized carbons (Fsp3) is 0.429. The lowest BCUT2D eigenvalue weighted by molar-refractivity contribution is 0.128. The molecule has 1 aromatic carbocycles. The summed E-state index contributed by atoms with van der Waals surface area (Å²) in [5, 5.41) is 12.4. The molecule has 21 heavy (non-hydrogen) atoms. The fourth-order valence-corrected chi connectivity index (χ4v) is 4.59. The number of rotatable bonds is 4. The van der Waals surface area contributed by atoms with Crippen LogP contribution in [0, 0.1) is 0 Å². The van der Waals surface area contributed by atoms with Crippen molar-refractivity contribution in [2.45, 2.75) is 16.8 Å². The number of hydrogen-bond acceptors (Lipinski definition) is 5. The summed E-state index contributed by atoms with van der Waals surface area (Å²) in [6.07, 6.45) is 0.130. The largest absolute Gasteiger partial charge is 0.465 e. The Hall–Kier alpha value is -1.31. The van der Waals surface area contributed by atoms with E-state index in [1.807, 2.05) is 18.2 Å². The number of para-hydroxylation sites is 1. The van der Waals surface area contributed by atoms with Gasteiger partial charge in [-0.05, 0) is 18.6 Å². The Labute approximate surface area is 131 Å². The first-order valence-electron chi connectivity index (χ1n) is 6.92. The topological polar surface area (TPSA) is 65.5 Å². The predicted octanol–water partition coefficient (Wildman–Crippen LogP) is 2.73. The Bertz CT molecular complexity index is 598. The van der Waals surface area contributed by atoms with Crippen molar-refractivity contribution in [2.75, 3.05) is 25.4 Å². The maximum absolute atomic E-state index is 11.0. The maximum Gasteiger partial charge on any atom is 0.407 e. The number of carbonyl (C=O) groups is 1. The number of hydrogen-bond donors (Lipinski definition) is 2. The molecule has 0 unspecified atom stereocenters. The molecule has 5 nitrogen and oxygen atoms in total. The number of benzene rings is 1. The van der Waals surface area contributed by atoms with E-state index < -0.39 is 6.09 Å². The molecule has 2 heterocycles. The molecule has 0 saturated carbocycles. The third-order valence-corrected chi connectivity index (χ3v) is 5.70. The summed E-state index contributed by atoms with van der Waals surface area (Å²) in [7, 11) is 0.